The summed E-state index contributed by atoms with van der Waals surface area (Å²) in [7, 11) is 0. The Morgan fingerprint density at radius 3 is 2.63 bits per heavy atom. The lowest BCUT2D eigenvalue weighted by Crippen LogP contribution is -2.43. The molecule has 1 saturated heterocycles. The van der Waals surface area contributed by atoms with Crippen molar-refractivity contribution in [3.8, 4) is 0 Å². The Bertz CT molecular complexity index is 536. The molecular formula is C14H16BrN3O. The molecule has 2 fully saturated rings. The Hall–Kier alpha value is -1.36. The molecule has 5 heteroatoms. The highest BCUT2D eigenvalue weighted by Gasteiger charge is 2.45. The summed E-state index contributed by atoms with van der Waals surface area (Å²) in [5.41, 5.74) is 0.283. The van der Waals surface area contributed by atoms with E-state index >= 15 is 0 Å². The van der Waals surface area contributed by atoms with Gasteiger partial charge in [0.05, 0.1) is 6.04 Å². The fourth-order valence-electron chi connectivity index (χ4n) is 2.35. The van der Waals surface area contributed by atoms with E-state index in [1.807, 2.05) is 31.2 Å². The van der Waals surface area contributed by atoms with Crippen LogP contribution in [0.4, 0.5) is 0 Å². The van der Waals surface area contributed by atoms with Gasteiger partial charge in [-0.25, -0.2) is 4.99 Å². The number of carbonyl (C=O) groups excluding carboxylic acids is 1. The molecule has 4 nitrogen and oxygen atoms in total. The minimum atomic E-state index is -0.686. The second-order valence-electron chi connectivity index (χ2n) is 5.05. The molecule has 1 saturated carbocycles. The number of halogens is 1. The largest absolute Gasteiger partial charge is 0.338 e. The van der Waals surface area contributed by atoms with Crippen LogP contribution in [-0.2, 0) is 10.3 Å². The summed E-state index contributed by atoms with van der Waals surface area (Å²) < 4.78 is 1.01. The van der Waals surface area contributed by atoms with Crippen LogP contribution in [0.5, 0.6) is 0 Å². The number of carbonyl (C=O) groups is 1. The van der Waals surface area contributed by atoms with E-state index in [0.717, 1.165) is 22.9 Å². The number of guanidine groups is 1. The zero-order chi connectivity index (χ0) is 13.5. The minimum absolute atomic E-state index is 0.0169. The molecule has 1 aliphatic heterocycles. The Kier molecular flexibility index (Phi) is 3.09. The molecule has 0 aromatic heterocycles. The summed E-state index contributed by atoms with van der Waals surface area (Å²) in [4.78, 5) is 16.8. The normalized spacial score (nSPS) is 28.3. The second-order valence-corrected chi connectivity index (χ2v) is 5.97. The lowest BCUT2D eigenvalue weighted by Gasteiger charge is -2.25. The van der Waals surface area contributed by atoms with Crippen LogP contribution >= 0.6 is 15.9 Å². The topological polar surface area (TPSA) is 53.5 Å². The number of amides is 1. The lowest BCUT2D eigenvalue weighted by molar-refractivity contribution is -0.124. The molecule has 1 aromatic carbocycles. The van der Waals surface area contributed by atoms with Crippen LogP contribution < -0.4 is 10.6 Å². The highest BCUT2D eigenvalue weighted by atomic mass is 79.9. The molecule has 0 spiro atoms. The SMILES string of the molecule is CCC1(c2ccc(Br)cc2)NC(=NC2CC2)NC1=O. The number of hydrogen-bond acceptors (Lipinski definition) is 2. The Labute approximate surface area is 120 Å². The fraction of sp³-hybridized carbons (Fsp3) is 0.429. The van der Waals surface area contributed by atoms with Gasteiger partial charge in [0.25, 0.3) is 5.91 Å². The van der Waals surface area contributed by atoms with Gasteiger partial charge in [0.15, 0.2) is 5.96 Å². The van der Waals surface area contributed by atoms with E-state index in [4.69, 9.17) is 0 Å². The standard InChI is InChI=1S/C14H16BrN3O/c1-2-14(9-3-5-10(15)6-4-9)12(19)17-13(18-14)16-11-7-8-11/h3-6,11H,2,7-8H2,1H3,(H2,16,17,18,19). The summed E-state index contributed by atoms with van der Waals surface area (Å²) >= 11 is 3.42. The van der Waals surface area contributed by atoms with Crippen molar-refractivity contribution in [2.24, 2.45) is 4.99 Å². The summed E-state index contributed by atoms with van der Waals surface area (Å²) in [6.45, 7) is 2.01. The average Bonchev–Trinajstić information content (AvgIpc) is 3.14. The molecule has 1 heterocycles. The molecule has 1 atom stereocenters. The van der Waals surface area contributed by atoms with Crippen molar-refractivity contribution >= 4 is 27.8 Å². The van der Waals surface area contributed by atoms with E-state index in [-0.39, 0.29) is 5.91 Å². The quantitative estimate of drug-likeness (QED) is 0.897. The van der Waals surface area contributed by atoms with Crippen LogP contribution in [0.2, 0.25) is 0 Å². The van der Waals surface area contributed by atoms with Gasteiger partial charge < -0.3 is 5.32 Å². The van der Waals surface area contributed by atoms with Crippen LogP contribution in [0.3, 0.4) is 0 Å². The Morgan fingerprint density at radius 2 is 2.05 bits per heavy atom. The van der Waals surface area contributed by atoms with Crippen molar-refractivity contribution in [3.63, 3.8) is 0 Å². The first kappa shape index (κ1) is 12.7. The highest BCUT2D eigenvalue weighted by molar-refractivity contribution is 9.10. The number of benzene rings is 1. The summed E-state index contributed by atoms with van der Waals surface area (Å²) in [6, 6.07) is 8.25. The van der Waals surface area contributed by atoms with E-state index < -0.39 is 5.54 Å². The van der Waals surface area contributed by atoms with Gasteiger partial charge in [-0.3, -0.25) is 10.1 Å². The van der Waals surface area contributed by atoms with Crippen LogP contribution in [0.15, 0.2) is 33.7 Å². The molecule has 2 aliphatic rings. The fourth-order valence-corrected chi connectivity index (χ4v) is 2.61. The first-order valence-corrected chi connectivity index (χ1v) is 7.37. The third-order valence-corrected chi connectivity index (χ3v) is 4.21. The molecule has 0 bridgehead atoms. The highest BCUT2D eigenvalue weighted by Crippen LogP contribution is 2.30. The van der Waals surface area contributed by atoms with E-state index in [0.29, 0.717) is 18.4 Å². The molecule has 100 valence electrons. The predicted octanol–water partition coefficient (Wildman–Crippen LogP) is 2.29. The summed E-state index contributed by atoms with van der Waals surface area (Å²) in [6.07, 6.45) is 2.93. The second kappa shape index (κ2) is 4.63. The van der Waals surface area contributed by atoms with Gasteiger partial charge in [0, 0.05) is 4.47 Å². The molecular weight excluding hydrogens is 306 g/mol. The van der Waals surface area contributed by atoms with E-state index in [1.54, 1.807) is 0 Å². The molecule has 1 aromatic rings. The first-order chi connectivity index (χ1) is 9.14. The van der Waals surface area contributed by atoms with Crippen molar-refractivity contribution < 1.29 is 4.79 Å². The first-order valence-electron chi connectivity index (χ1n) is 6.57. The average molecular weight is 322 g/mol. The van der Waals surface area contributed by atoms with Crippen molar-refractivity contribution in [2.45, 2.75) is 37.8 Å². The molecule has 1 aliphatic carbocycles. The lowest BCUT2D eigenvalue weighted by atomic mass is 9.87. The zero-order valence-electron chi connectivity index (χ0n) is 10.7. The Balaban J connectivity index is 1.94. The zero-order valence-corrected chi connectivity index (χ0v) is 12.3. The third kappa shape index (κ3) is 2.27. The minimum Gasteiger partial charge on any atom is -0.338 e. The van der Waals surface area contributed by atoms with Crippen LogP contribution in [0.25, 0.3) is 0 Å². The monoisotopic (exact) mass is 321 g/mol. The molecule has 1 unspecified atom stereocenters. The van der Waals surface area contributed by atoms with Gasteiger partial charge in [0.2, 0.25) is 0 Å². The number of rotatable bonds is 3. The summed E-state index contributed by atoms with van der Waals surface area (Å²) in [5.74, 6) is 0.606. The third-order valence-electron chi connectivity index (χ3n) is 3.68. The molecule has 19 heavy (non-hydrogen) atoms. The van der Waals surface area contributed by atoms with Gasteiger partial charge in [0.1, 0.15) is 5.54 Å². The number of nitrogens with one attached hydrogen (secondary N) is 2. The number of aliphatic imine (C=N–C) groups is 1. The van der Waals surface area contributed by atoms with Gasteiger partial charge in [-0.1, -0.05) is 35.0 Å². The molecule has 1 amide bonds. The van der Waals surface area contributed by atoms with Gasteiger partial charge in [-0.15, -0.1) is 0 Å². The molecule has 0 radical (unpaired) electrons. The van der Waals surface area contributed by atoms with Crippen molar-refractivity contribution in [3.05, 3.63) is 34.3 Å². The predicted molar refractivity (Wildman–Crippen MR) is 77.8 cm³/mol. The maximum absolute atomic E-state index is 12.4. The molecule has 3 rings (SSSR count). The van der Waals surface area contributed by atoms with Crippen LogP contribution in [-0.4, -0.2) is 17.9 Å². The smallest absolute Gasteiger partial charge is 0.257 e. The van der Waals surface area contributed by atoms with Gasteiger partial charge >= 0.3 is 0 Å². The van der Waals surface area contributed by atoms with E-state index in [1.165, 1.54) is 0 Å². The van der Waals surface area contributed by atoms with Gasteiger partial charge in [-0.05, 0) is 37.0 Å². The maximum Gasteiger partial charge on any atom is 0.257 e. The summed E-state index contributed by atoms with van der Waals surface area (Å²) in [5, 5.41) is 6.15. The molecule has 2 N–H and O–H groups in total. The van der Waals surface area contributed by atoms with Crippen molar-refractivity contribution in [1.82, 2.24) is 10.6 Å². The van der Waals surface area contributed by atoms with Crippen LogP contribution in [0.1, 0.15) is 31.7 Å². The Morgan fingerprint density at radius 1 is 1.37 bits per heavy atom. The maximum atomic E-state index is 12.4. The van der Waals surface area contributed by atoms with Gasteiger partial charge in [-0.2, -0.15) is 0 Å². The number of hydrogen-bond donors (Lipinski definition) is 2. The van der Waals surface area contributed by atoms with Crippen LogP contribution in [0, 0.1) is 0 Å². The van der Waals surface area contributed by atoms with E-state index in [2.05, 4.69) is 31.6 Å². The van der Waals surface area contributed by atoms with Crippen molar-refractivity contribution in [1.29, 1.82) is 0 Å². The van der Waals surface area contributed by atoms with E-state index in [9.17, 15) is 4.79 Å². The van der Waals surface area contributed by atoms with Crippen molar-refractivity contribution in [2.75, 3.05) is 0 Å². The number of nitrogens with zero attached hydrogens (tertiary/aromatic N) is 1.